The van der Waals surface area contributed by atoms with E-state index in [0.717, 1.165) is 30.6 Å². The molecule has 23 heavy (non-hydrogen) atoms. The maximum absolute atomic E-state index is 12.6. The van der Waals surface area contributed by atoms with E-state index in [1.807, 2.05) is 36.1 Å². The van der Waals surface area contributed by atoms with Gasteiger partial charge in [-0.15, -0.1) is 0 Å². The number of hydrogen-bond donors (Lipinski definition) is 1. The van der Waals surface area contributed by atoms with Gasteiger partial charge in [0.1, 0.15) is 5.69 Å². The van der Waals surface area contributed by atoms with Crippen molar-refractivity contribution < 1.29 is 9.53 Å². The molecule has 1 aliphatic heterocycles. The van der Waals surface area contributed by atoms with Crippen molar-refractivity contribution in [3.05, 3.63) is 41.0 Å². The SMILES string of the molecule is CCOC1CCCN(C(=O)c2cc(-c3ccc(Cl)cc3)n[nH]2)C1. The van der Waals surface area contributed by atoms with Crippen molar-refractivity contribution in [3.63, 3.8) is 0 Å². The second-order valence-electron chi connectivity index (χ2n) is 5.64. The van der Waals surface area contributed by atoms with Gasteiger partial charge in [0.15, 0.2) is 0 Å². The number of carbonyl (C=O) groups excluding carboxylic acids is 1. The molecule has 1 unspecified atom stereocenters. The number of benzene rings is 1. The average Bonchev–Trinajstić information content (AvgIpc) is 3.05. The second kappa shape index (κ2) is 7.15. The minimum atomic E-state index is -0.0258. The number of carbonyl (C=O) groups is 1. The average molecular weight is 334 g/mol. The molecule has 3 rings (SSSR count). The minimum absolute atomic E-state index is 0.0258. The van der Waals surface area contributed by atoms with Gasteiger partial charge >= 0.3 is 0 Å². The summed E-state index contributed by atoms with van der Waals surface area (Å²) in [6, 6.07) is 9.18. The van der Waals surface area contributed by atoms with Crippen molar-refractivity contribution in [1.82, 2.24) is 15.1 Å². The number of nitrogens with one attached hydrogen (secondary N) is 1. The molecule has 122 valence electrons. The van der Waals surface area contributed by atoms with Crippen LogP contribution in [0.15, 0.2) is 30.3 Å². The Hall–Kier alpha value is -1.85. The highest BCUT2D eigenvalue weighted by Crippen LogP contribution is 2.21. The molecule has 1 aromatic carbocycles. The molecule has 2 heterocycles. The molecule has 2 aromatic rings. The molecular weight excluding hydrogens is 314 g/mol. The summed E-state index contributed by atoms with van der Waals surface area (Å²) in [4.78, 5) is 14.5. The van der Waals surface area contributed by atoms with Gasteiger partial charge in [0.25, 0.3) is 5.91 Å². The molecular formula is C17H20ClN3O2. The molecule has 0 spiro atoms. The second-order valence-corrected chi connectivity index (χ2v) is 6.08. The normalized spacial score (nSPS) is 18.2. The minimum Gasteiger partial charge on any atom is -0.377 e. The summed E-state index contributed by atoms with van der Waals surface area (Å²) >= 11 is 5.89. The molecule has 0 saturated carbocycles. The number of amides is 1. The van der Waals surface area contributed by atoms with Crippen LogP contribution in [0.4, 0.5) is 0 Å². The number of nitrogens with zero attached hydrogens (tertiary/aromatic N) is 2. The van der Waals surface area contributed by atoms with Gasteiger partial charge in [0.2, 0.25) is 0 Å². The van der Waals surface area contributed by atoms with Gasteiger partial charge in [0, 0.05) is 30.3 Å². The number of halogens is 1. The molecule has 0 bridgehead atoms. The Morgan fingerprint density at radius 2 is 2.22 bits per heavy atom. The summed E-state index contributed by atoms with van der Waals surface area (Å²) in [7, 11) is 0. The first-order chi connectivity index (χ1) is 11.2. The monoisotopic (exact) mass is 333 g/mol. The quantitative estimate of drug-likeness (QED) is 0.933. The summed E-state index contributed by atoms with van der Waals surface area (Å²) in [5, 5.41) is 7.77. The van der Waals surface area contributed by atoms with Crippen LogP contribution in [0, 0.1) is 0 Å². The third-order valence-corrected chi connectivity index (χ3v) is 4.27. The third kappa shape index (κ3) is 3.74. The number of hydrogen-bond acceptors (Lipinski definition) is 3. The van der Waals surface area contributed by atoms with E-state index in [0.29, 0.717) is 23.9 Å². The first-order valence-corrected chi connectivity index (χ1v) is 8.27. The smallest absolute Gasteiger partial charge is 0.271 e. The van der Waals surface area contributed by atoms with Crippen LogP contribution in [0.3, 0.4) is 0 Å². The maximum Gasteiger partial charge on any atom is 0.271 e. The van der Waals surface area contributed by atoms with Crippen LogP contribution in [0.1, 0.15) is 30.3 Å². The standard InChI is InChI=1S/C17H20ClN3O2/c1-2-23-14-4-3-9-21(11-14)17(22)16-10-15(19-20-16)12-5-7-13(18)8-6-12/h5-8,10,14H,2-4,9,11H2,1H3,(H,19,20). The lowest BCUT2D eigenvalue weighted by atomic mass is 10.1. The Balaban J connectivity index is 1.72. The summed E-state index contributed by atoms with van der Waals surface area (Å²) in [5.74, 6) is -0.0258. The van der Waals surface area contributed by atoms with Crippen LogP contribution in [0.5, 0.6) is 0 Å². The Bertz CT molecular complexity index is 667. The molecule has 0 radical (unpaired) electrons. The summed E-state index contributed by atoms with van der Waals surface area (Å²) < 4.78 is 5.65. The van der Waals surface area contributed by atoms with Gasteiger partial charge in [-0.1, -0.05) is 23.7 Å². The number of ether oxygens (including phenoxy) is 1. The van der Waals surface area contributed by atoms with Crippen LogP contribution in [-0.2, 0) is 4.74 Å². The first kappa shape index (κ1) is 16.0. The largest absolute Gasteiger partial charge is 0.377 e. The van der Waals surface area contributed by atoms with Gasteiger partial charge in [-0.2, -0.15) is 5.10 Å². The highest BCUT2D eigenvalue weighted by molar-refractivity contribution is 6.30. The number of H-pyrrole nitrogens is 1. The predicted molar refractivity (Wildman–Crippen MR) is 89.6 cm³/mol. The van der Waals surface area contributed by atoms with Gasteiger partial charge in [-0.05, 0) is 38.0 Å². The molecule has 1 fully saturated rings. The van der Waals surface area contributed by atoms with Crippen molar-refractivity contribution in [2.24, 2.45) is 0 Å². The van der Waals surface area contributed by atoms with Gasteiger partial charge in [-0.25, -0.2) is 0 Å². The number of aromatic amines is 1. The van der Waals surface area contributed by atoms with Crippen molar-refractivity contribution in [2.75, 3.05) is 19.7 Å². The first-order valence-electron chi connectivity index (χ1n) is 7.89. The lowest BCUT2D eigenvalue weighted by Gasteiger charge is -2.32. The number of likely N-dealkylation sites (tertiary alicyclic amines) is 1. The molecule has 1 aliphatic rings. The molecule has 1 aromatic heterocycles. The van der Waals surface area contributed by atoms with Crippen LogP contribution in [0.2, 0.25) is 5.02 Å². The summed E-state index contributed by atoms with van der Waals surface area (Å²) in [6.07, 6.45) is 2.11. The van der Waals surface area contributed by atoms with Crippen molar-refractivity contribution in [1.29, 1.82) is 0 Å². The summed E-state index contributed by atoms with van der Waals surface area (Å²) in [6.45, 7) is 4.06. The highest BCUT2D eigenvalue weighted by atomic mass is 35.5. The Kier molecular flexibility index (Phi) is 4.98. The lowest BCUT2D eigenvalue weighted by molar-refractivity contribution is 0.00703. The number of piperidine rings is 1. The zero-order valence-electron chi connectivity index (χ0n) is 13.1. The molecule has 5 nitrogen and oxygen atoms in total. The lowest BCUT2D eigenvalue weighted by Crippen LogP contribution is -2.43. The van der Waals surface area contributed by atoms with E-state index in [2.05, 4.69) is 10.2 Å². The van der Waals surface area contributed by atoms with Gasteiger partial charge in [-0.3, -0.25) is 9.89 Å². The van der Waals surface area contributed by atoms with E-state index in [4.69, 9.17) is 16.3 Å². The molecule has 1 saturated heterocycles. The predicted octanol–water partition coefficient (Wildman–Crippen LogP) is 3.37. The van der Waals surface area contributed by atoms with Crippen LogP contribution in [0.25, 0.3) is 11.3 Å². The topological polar surface area (TPSA) is 58.2 Å². The van der Waals surface area contributed by atoms with E-state index in [1.165, 1.54) is 0 Å². The van der Waals surface area contributed by atoms with Crippen molar-refractivity contribution in [2.45, 2.75) is 25.9 Å². The Morgan fingerprint density at radius 1 is 1.43 bits per heavy atom. The highest BCUT2D eigenvalue weighted by Gasteiger charge is 2.25. The zero-order chi connectivity index (χ0) is 16.2. The van der Waals surface area contributed by atoms with Crippen molar-refractivity contribution in [3.8, 4) is 11.3 Å². The van der Waals surface area contributed by atoms with E-state index < -0.39 is 0 Å². The maximum atomic E-state index is 12.6. The van der Waals surface area contributed by atoms with Crippen LogP contribution < -0.4 is 0 Å². The fraction of sp³-hybridized carbons (Fsp3) is 0.412. The molecule has 0 aliphatic carbocycles. The number of rotatable bonds is 4. The third-order valence-electron chi connectivity index (χ3n) is 4.02. The van der Waals surface area contributed by atoms with E-state index in [-0.39, 0.29) is 12.0 Å². The van der Waals surface area contributed by atoms with Gasteiger partial charge < -0.3 is 9.64 Å². The number of aromatic nitrogens is 2. The molecule has 1 N–H and O–H groups in total. The summed E-state index contributed by atoms with van der Waals surface area (Å²) in [5.41, 5.74) is 2.17. The molecule has 1 amide bonds. The van der Waals surface area contributed by atoms with Crippen LogP contribution in [-0.4, -0.2) is 46.8 Å². The van der Waals surface area contributed by atoms with Gasteiger partial charge in [0.05, 0.1) is 11.8 Å². The Labute approximate surface area is 140 Å². The molecule has 1 atom stereocenters. The fourth-order valence-corrected chi connectivity index (χ4v) is 2.99. The fourth-order valence-electron chi connectivity index (χ4n) is 2.86. The van der Waals surface area contributed by atoms with E-state index in [1.54, 1.807) is 6.07 Å². The van der Waals surface area contributed by atoms with Crippen LogP contribution >= 0.6 is 11.6 Å². The van der Waals surface area contributed by atoms with Crippen molar-refractivity contribution >= 4 is 17.5 Å². The van der Waals surface area contributed by atoms with E-state index >= 15 is 0 Å². The molecule has 6 heteroatoms. The van der Waals surface area contributed by atoms with E-state index in [9.17, 15) is 4.79 Å². The zero-order valence-corrected chi connectivity index (χ0v) is 13.8. The Morgan fingerprint density at radius 3 is 2.96 bits per heavy atom.